The maximum atomic E-state index is 15.7. The first-order chi connectivity index (χ1) is 61.3. The van der Waals surface area contributed by atoms with Crippen LogP contribution in [0.1, 0.15) is 57.9 Å². The second-order valence-corrected chi connectivity index (χ2v) is 33.0. The van der Waals surface area contributed by atoms with Crippen molar-refractivity contribution < 1.29 is 75.4 Å². The Morgan fingerprint density at radius 2 is 0.628 bits per heavy atom. The average molecular weight is 1850 g/mol. The number of anilines is 4. The van der Waals surface area contributed by atoms with E-state index in [4.69, 9.17) is 46.4 Å². The predicted molar refractivity (Wildman–Crippen MR) is 486 cm³/mol. The zero-order valence-electron chi connectivity index (χ0n) is 71.2. The fourth-order valence-electron chi connectivity index (χ4n) is 16.9. The molecule has 0 saturated carbocycles. The molecule has 5 atom stereocenters. The molecule has 0 bridgehead atoms. The highest BCUT2D eigenvalue weighted by Gasteiger charge is 2.38. The number of phenols is 5. The number of aryl methyl sites for hydroxylation is 4. The number of fused-ring (bicyclic) bond motifs is 4. The van der Waals surface area contributed by atoms with Crippen molar-refractivity contribution in [3.8, 4) is 73.3 Å². The van der Waals surface area contributed by atoms with E-state index < -0.39 is 58.0 Å². The minimum absolute atomic E-state index is 0.00799. The smallest absolute Gasteiger partial charge is 0.246 e. The summed E-state index contributed by atoms with van der Waals surface area (Å²) in [4.78, 5) is 98.3. The van der Waals surface area contributed by atoms with Gasteiger partial charge in [-0.15, -0.1) is 0 Å². The quantitative estimate of drug-likeness (QED) is 0.0561. The predicted octanol–water partition coefficient (Wildman–Crippen LogP) is 17.8. The van der Waals surface area contributed by atoms with Gasteiger partial charge in [-0.3, -0.25) is 19.2 Å². The molecule has 0 aliphatic carbocycles. The minimum atomic E-state index is -0.841. The van der Waals surface area contributed by atoms with Crippen molar-refractivity contribution in [2.75, 3.05) is 91.6 Å². The van der Waals surface area contributed by atoms with Crippen molar-refractivity contribution in [3.63, 3.8) is 0 Å². The lowest BCUT2D eigenvalue weighted by Gasteiger charge is -2.44. The zero-order valence-corrected chi connectivity index (χ0v) is 74.2. The van der Waals surface area contributed by atoms with Gasteiger partial charge in [-0.25, -0.2) is 70.6 Å². The van der Waals surface area contributed by atoms with Crippen LogP contribution in [0.5, 0.6) is 28.7 Å². The Morgan fingerprint density at radius 3 is 0.938 bits per heavy atom. The van der Waals surface area contributed by atoms with Crippen LogP contribution in [0.3, 0.4) is 0 Å². The Hall–Kier alpha value is -13.2. The molecule has 4 aromatic heterocycles. The lowest BCUT2D eigenvalue weighted by atomic mass is 10.00. The number of benzene rings is 8. The Balaban J connectivity index is 0.000000147. The molecule has 129 heavy (non-hydrogen) atoms. The number of phenolic OH excluding ortho intramolecular Hbond substituents is 5. The number of halogens is 11. The van der Waals surface area contributed by atoms with Gasteiger partial charge < -0.3 is 64.7 Å². The molecule has 0 radical (unpaired) electrons. The van der Waals surface area contributed by atoms with Crippen LogP contribution in [0.15, 0.2) is 148 Å². The molecule has 0 spiro atoms. The lowest BCUT2D eigenvalue weighted by Crippen LogP contribution is -2.58. The van der Waals surface area contributed by atoms with E-state index in [1.54, 1.807) is 53.4 Å². The van der Waals surface area contributed by atoms with E-state index in [-0.39, 0.29) is 152 Å². The molecule has 8 aromatic carbocycles. The number of piperazine rings is 4. The molecule has 25 nitrogen and oxygen atoms in total. The summed E-state index contributed by atoms with van der Waals surface area (Å²) in [6, 6.07) is 20.7. The van der Waals surface area contributed by atoms with E-state index in [9.17, 15) is 57.9 Å². The fraction of sp³-hybridized carbons (Fsp3) is 0.269. The largest absolute Gasteiger partial charge is 0.507 e. The number of amides is 4. The number of aromatic hydroxyl groups is 5. The molecule has 4 saturated heterocycles. The summed E-state index contributed by atoms with van der Waals surface area (Å²) in [7, 11) is 0. The van der Waals surface area contributed by atoms with Gasteiger partial charge in [-0.2, -0.15) is 0 Å². The van der Waals surface area contributed by atoms with Crippen LogP contribution in [-0.2, 0) is 19.2 Å². The first-order valence-electron chi connectivity index (χ1n) is 40.7. The molecule has 5 N–H and O–H groups in total. The Morgan fingerprint density at radius 1 is 0.341 bits per heavy atom. The van der Waals surface area contributed by atoms with Gasteiger partial charge in [0, 0.05) is 146 Å². The highest BCUT2D eigenvalue weighted by Crippen LogP contribution is 2.49. The molecule has 16 rings (SSSR count). The molecule has 12 aromatic rings. The van der Waals surface area contributed by atoms with Crippen LogP contribution >= 0.6 is 46.4 Å². The van der Waals surface area contributed by atoms with E-state index in [2.05, 4.69) is 66.2 Å². The van der Waals surface area contributed by atoms with E-state index in [1.807, 2.05) is 54.2 Å². The number of hydrogen-bond donors (Lipinski definition) is 5. The number of carbonyl (C=O) groups is 4. The topological polar surface area (TPSA) is 298 Å². The number of hydrogen-bond acceptors (Lipinski definition) is 21. The van der Waals surface area contributed by atoms with Gasteiger partial charge >= 0.3 is 0 Å². The Kier molecular flexibility index (Phi) is 27.8. The standard InChI is InChI=1S/C24H23ClF2N4O2.2C23H21ClF2N4O2.C23H22ClFN4O3/c1-5-19(33)31-12(2)10-30(11-13(31)3)24-15-9-16(25)20(21-17(26)7-6-8-18(21)32)22(27)23(15)28-14(4)29-24;2*1-4-18(32)30-9-8-29(11-12(30)2)23-14-10-15(24)19(20-16(25)6-5-7-17(20)31)21(26)22(14)27-13(3)28-23;1-4-18(32)28-8-9-29(12(2)11-28)23-14-10-15(24)19(20-16(30)6-5-7-17(20)31)21(25)22(14)26-13(3)27-23/h5-9,12-13,32H,1,10-11H2,2-4H3;2*4-7,10,12,31H,1,8-9,11H2,2-3H3;4-7,10,12,30-31H,1,8-9,11H2,2-3H3/t;3*12-/m.100/s1. The van der Waals surface area contributed by atoms with Gasteiger partial charge in [0.25, 0.3) is 0 Å². The summed E-state index contributed by atoms with van der Waals surface area (Å²) in [5.74, 6) is -4.83. The van der Waals surface area contributed by atoms with Gasteiger partial charge in [0.05, 0.1) is 42.3 Å². The molecule has 4 aliphatic heterocycles. The van der Waals surface area contributed by atoms with Crippen LogP contribution in [0.4, 0.5) is 54.0 Å². The first-order valence-corrected chi connectivity index (χ1v) is 42.2. The van der Waals surface area contributed by atoms with Crippen molar-refractivity contribution in [3.05, 3.63) is 232 Å². The summed E-state index contributed by atoms with van der Waals surface area (Å²) < 4.78 is 106. The van der Waals surface area contributed by atoms with Crippen molar-refractivity contribution in [2.24, 2.45) is 0 Å². The molecule has 4 aliphatic rings. The van der Waals surface area contributed by atoms with E-state index in [0.29, 0.717) is 140 Å². The van der Waals surface area contributed by atoms with Crippen LogP contribution in [-0.4, -0.2) is 211 Å². The first kappa shape index (κ1) is 93.5. The van der Waals surface area contributed by atoms with Gasteiger partial charge in [-0.1, -0.05) is 97.0 Å². The minimum Gasteiger partial charge on any atom is -0.507 e. The average Bonchev–Trinajstić information content (AvgIpc) is 0.753. The van der Waals surface area contributed by atoms with Crippen LogP contribution < -0.4 is 19.6 Å². The molecule has 8 heterocycles. The van der Waals surface area contributed by atoms with Gasteiger partial charge in [-0.05, 0) is 159 Å². The SMILES string of the molecule is C=CC(=O)N1C(C)CN(c2nc(C)nc3c(F)c(-c4c(O)cccc4F)c(Cl)cc23)CC1C.C=CC(=O)N1CCN(c2nc(C)nc3c(F)c(-c4c(O)cccc4F)c(Cl)cc23)C[C@@H]1C.C=CC(=O)N1CCN(c2nc(C)nc3c(F)c(-c4c(O)cccc4F)c(Cl)cc23)C[C@H]1C.C=CC(=O)N1CCN(c2nc(C)nc3c(F)c(-c4c(O)cccc4O)c(Cl)cc23)[C@@H](C)C1. The second-order valence-electron chi connectivity index (χ2n) is 31.4. The molecule has 2 unspecified atom stereocenters. The van der Waals surface area contributed by atoms with Crippen LogP contribution in [0.25, 0.3) is 88.1 Å². The number of aromatic nitrogens is 8. The second kappa shape index (κ2) is 38.4. The number of rotatable bonds is 12. The highest BCUT2D eigenvalue weighted by atomic mass is 35.5. The summed E-state index contributed by atoms with van der Waals surface area (Å²) in [6.45, 7) is 35.6. The fourth-order valence-corrected chi connectivity index (χ4v) is 18.1. The van der Waals surface area contributed by atoms with E-state index in [1.165, 1.54) is 97.1 Å². The summed E-state index contributed by atoms with van der Waals surface area (Å²) in [5.41, 5.74) is -1.99. The third-order valence-electron chi connectivity index (χ3n) is 22.7. The molecule has 36 heteroatoms. The monoisotopic (exact) mass is 1840 g/mol. The van der Waals surface area contributed by atoms with Crippen LogP contribution in [0, 0.1) is 68.4 Å². The molecule has 4 fully saturated rings. The normalized spacial score (nSPS) is 17.0. The van der Waals surface area contributed by atoms with Gasteiger partial charge in [0.2, 0.25) is 23.6 Å². The third-order valence-corrected chi connectivity index (χ3v) is 23.9. The van der Waals surface area contributed by atoms with Crippen molar-refractivity contribution >= 4 is 137 Å². The third kappa shape index (κ3) is 18.4. The van der Waals surface area contributed by atoms with Crippen molar-refractivity contribution in [1.29, 1.82) is 0 Å². The maximum Gasteiger partial charge on any atom is 0.246 e. The summed E-state index contributed by atoms with van der Waals surface area (Å²) in [6.07, 6.45) is 5.15. The molecule has 4 amide bonds. The Labute approximate surface area is 756 Å². The van der Waals surface area contributed by atoms with Crippen LogP contribution in [0.2, 0.25) is 20.1 Å². The molecule has 670 valence electrons. The molecular formula is C93H87Cl4F7N16O9. The number of carbonyl (C=O) groups excluding carboxylic acids is 4. The molecular weight excluding hydrogens is 1760 g/mol. The maximum absolute atomic E-state index is 15.7. The number of nitrogens with zero attached hydrogens (tertiary/aromatic N) is 16. The van der Waals surface area contributed by atoms with Crippen molar-refractivity contribution in [2.45, 2.75) is 92.5 Å². The summed E-state index contributed by atoms with van der Waals surface area (Å²) >= 11 is 25.7. The van der Waals surface area contributed by atoms with E-state index in [0.717, 1.165) is 18.2 Å². The highest BCUT2D eigenvalue weighted by molar-refractivity contribution is 6.36. The van der Waals surface area contributed by atoms with Crippen molar-refractivity contribution in [1.82, 2.24) is 59.5 Å². The lowest BCUT2D eigenvalue weighted by molar-refractivity contribution is -0.131. The summed E-state index contributed by atoms with van der Waals surface area (Å²) in [5, 5.41) is 52.3. The van der Waals surface area contributed by atoms with Gasteiger partial charge in [0.1, 0.15) is 115 Å². The zero-order chi connectivity index (χ0) is 93.5. The van der Waals surface area contributed by atoms with E-state index >= 15 is 17.6 Å². The van der Waals surface area contributed by atoms with Gasteiger partial charge in [0.15, 0.2) is 23.3 Å². The Bertz CT molecular complexity index is 6300.